The number of rotatable bonds is 1. The Hall–Kier alpha value is 0.440. The highest BCUT2D eigenvalue weighted by molar-refractivity contribution is 9.08. The molecule has 2 heteroatoms. The Labute approximate surface area is 34.7 Å². The van der Waals surface area contributed by atoms with E-state index in [-0.39, 0.29) is 0 Å². The number of nitrogens with one attached hydrogen (secondary N) is 1. The molecular weight excluding hydrogens is 118 g/mol. The van der Waals surface area contributed by atoms with Crippen molar-refractivity contribution in [3.05, 3.63) is 0 Å². The lowest BCUT2D eigenvalue weighted by Crippen LogP contribution is -1.90. The molecule has 1 nitrogen and oxygen atoms in total. The van der Waals surface area contributed by atoms with Crippen molar-refractivity contribution >= 4 is 16.1 Å². The molecule has 0 bridgehead atoms. The molecule has 0 unspecified atom stereocenters. The van der Waals surface area contributed by atoms with Crippen molar-refractivity contribution in [1.82, 2.24) is 4.34 Å². The van der Waals surface area contributed by atoms with Crippen molar-refractivity contribution in [3.8, 4) is 0 Å². The van der Waals surface area contributed by atoms with Crippen LogP contribution in [0.1, 0.15) is 6.92 Å². The molecule has 0 aromatic carbocycles. The molecule has 0 radical (unpaired) electrons. The van der Waals surface area contributed by atoms with Crippen LogP contribution < -0.4 is 4.34 Å². The summed E-state index contributed by atoms with van der Waals surface area (Å²) in [5.41, 5.74) is 0. The minimum atomic E-state index is 0.986. The Morgan fingerprint density at radius 1 is 2.00 bits per heavy atom. The minimum Gasteiger partial charge on any atom is -0.256 e. The maximum Gasteiger partial charge on any atom is 0.00874 e. The second-order valence-corrected chi connectivity index (χ2v) is 1.05. The first-order valence-electron chi connectivity index (χ1n) is 1.25. The Balaban J connectivity index is 1.97. The molecule has 0 aromatic heterocycles. The lowest BCUT2D eigenvalue weighted by atomic mass is 10.8. The summed E-state index contributed by atoms with van der Waals surface area (Å²) in [6.45, 7) is 3.01. The molecule has 0 heterocycles. The van der Waals surface area contributed by atoms with Gasteiger partial charge in [0.15, 0.2) is 0 Å². The number of halogens is 1. The second kappa shape index (κ2) is 3.44. The quantitative estimate of drug-likeness (QED) is 0.512. The van der Waals surface area contributed by atoms with Crippen LogP contribution in [-0.4, -0.2) is 6.54 Å². The van der Waals surface area contributed by atoms with Crippen LogP contribution in [-0.2, 0) is 0 Å². The smallest absolute Gasteiger partial charge is 0.00874 e. The fourth-order valence-electron chi connectivity index (χ4n) is 0. The third-order valence-corrected chi connectivity index (χ3v) is 0.694. The lowest BCUT2D eigenvalue weighted by Gasteiger charge is -1.72. The Morgan fingerprint density at radius 3 is 2.25 bits per heavy atom. The van der Waals surface area contributed by atoms with E-state index in [9.17, 15) is 0 Å². The Bertz CT molecular complexity index is 8.00. The van der Waals surface area contributed by atoms with E-state index in [1.54, 1.807) is 0 Å². The van der Waals surface area contributed by atoms with Gasteiger partial charge in [-0.1, -0.05) is 6.92 Å². The highest BCUT2D eigenvalue weighted by atomic mass is 79.9. The molecule has 0 atom stereocenters. The molecule has 4 heavy (non-hydrogen) atoms. The third-order valence-electron chi connectivity index (χ3n) is 0.134. The summed E-state index contributed by atoms with van der Waals surface area (Å²) in [6.07, 6.45) is 0. The van der Waals surface area contributed by atoms with Crippen molar-refractivity contribution < 1.29 is 0 Å². The van der Waals surface area contributed by atoms with Gasteiger partial charge in [0.05, 0.1) is 0 Å². The average Bonchev–Trinajstić information content (AvgIpc) is 1.37. The standard InChI is InChI=1S/C2H6BrN/c1-2-4-3/h4H,2H2,1H3. The highest BCUT2D eigenvalue weighted by Crippen LogP contribution is 1.58. The molecule has 26 valence electrons. The van der Waals surface area contributed by atoms with Gasteiger partial charge in [-0.15, -0.1) is 0 Å². The van der Waals surface area contributed by atoms with E-state index in [2.05, 4.69) is 20.5 Å². The number of hydrogen-bond acceptors (Lipinski definition) is 1. The molecule has 0 fully saturated rings. The van der Waals surface area contributed by atoms with E-state index < -0.39 is 0 Å². The van der Waals surface area contributed by atoms with Crippen LogP contribution in [0.4, 0.5) is 0 Å². The summed E-state index contributed by atoms with van der Waals surface area (Å²) in [5.74, 6) is 0. The van der Waals surface area contributed by atoms with Gasteiger partial charge in [-0.25, -0.2) is 0 Å². The predicted octanol–water partition coefficient (Wildman–Crippen LogP) is 0.906. The summed E-state index contributed by atoms with van der Waals surface area (Å²) in [4.78, 5) is 0. The topological polar surface area (TPSA) is 12.0 Å². The van der Waals surface area contributed by atoms with Crippen molar-refractivity contribution in [1.29, 1.82) is 0 Å². The van der Waals surface area contributed by atoms with Crippen LogP contribution in [0.5, 0.6) is 0 Å². The van der Waals surface area contributed by atoms with Gasteiger partial charge >= 0.3 is 0 Å². The van der Waals surface area contributed by atoms with Crippen molar-refractivity contribution in [2.24, 2.45) is 0 Å². The summed E-state index contributed by atoms with van der Waals surface area (Å²) >= 11 is 3.00. The number of hydrogen-bond donors (Lipinski definition) is 1. The summed E-state index contributed by atoms with van der Waals surface area (Å²) in [6, 6.07) is 0. The van der Waals surface area contributed by atoms with Gasteiger partial charge in [-0.05, 0) is 0 Å². The predicted molar refractivity (Wildman–Crippen MR) is 22.6 cm³/mol. The van der Waals surface area contributed by atoms with E-state index in [4.69, 9.17) is 0 Å². The molecule has 0 spiro atoms. The molecule has 0 saturated carbocycles. The SMILES string of the molecule is CCNBr. The fourth-order valence-corrected chi connectivity index (χ4v) is 0. The van der Waals surface area contributed by atoms with Crippen LogP contribution in [0.2, 0.25) is 0 Å². The average molecular weight is 124 g/mol. The van der Waals surface area contributed by atoms with Crippen LogP contribution in [0.25, 0.3) is 0 Å². The van der Waals surface area contributed by atoms with E-state index in [1.165, 1.54) is 0 Å². The summed E-state index contributed by atoms with van der Waals surface area (Å²) in [7, 11) is 0. The lowest BCUT2D eigenvalue weighted by molar-refractivity contribution is 1.05. The van der Waals surface area contributed by atoms with E-state index in [0.29, 0.717) is 0 Å². The van der Waals surface area contributed by atoms with Gasteiger partial charge in [-0.3, -0.25) is 4.34 Å². The van der Waals surface area contributed by atoms with Gasteiger partial charge in [0.2, 0.25) is 0 Å². The molecule has 0 saturated heterocycles. The van der Waals surface area contributed by atoms with Crippen LogP contribution in [0.15, 0.2) is 0 Å². The van der Waals surface area contributed by atoms with Gasteiger partial charge in [0.1, 0.15) is 0 Å². The maximum atomic E-state index is 3.00. The largest absolute Gasteiger partial charge is 0.256 e. The van der Waals surface area contributed by atoms with Gasteiger partial charge in [-0.2, -0.15) is 0 Å². The van der Waals surface area contributed by atoms with Crippen molar-refractivity contribution in [3.63, 3.8) is 0 Å². The van der Waals surface area contributed by atoms with Crippen molar-refractivity contribution in [2.75, 3.05) is 6.54 Å². The Morgan fingerprint density at radius 2 is 2.25 bits per heavy atom. The van der Waals surface area contributed by atoms with E-state index in [0.717, 1.165) is 6.54 Å². The monoisotopic (exact) mass is 123 g/mol. The van der Waals surface area contributed by atoms with E-state index >= 15 is 0 Å². The van der Waals surface area contributed by atoms with Gasteiger partial charge in [0, 0.05) is 22.7 Å². The van der Waals surface area contributed by atoms with E-state index in [1.807, 2.05) is 6.92 Å². The zero-order chi connectivity index (χ0) is 3.41. The fraction of sp³-hybridized carbons (Fsp3) is 1.00. The maximum absolute atomic E-state index is 3.00. The minimum absolute atomic E-state index is 0.986. The van der Waals surface area contributed by atoms with Crippen LogP contribution >= 0.6 is 16.1 Å². The van der Waals surface area contributed by atoms with Gasteiger partial charge in [0.25, 0.3) is 0 Å². The van der Waals surface area contributed by atoms with Crippen molar-refractivity contribution in [2.45, 2.75) is 6.92 Å². The van der Waals surface area contributed by atoms with Gasteiger partial charge < -0.3 is 0 Å². The first-order chi connectivity index (χ1) is 1.91. The Kier molecular flexibility index (Phi) is 3.82. The molecular formula is C2H6BrN. The zero-order valence-electron chi connectivity index (χ0n) is 2.59. The highest BCUT2D eigenvalue weighted by Gasteiger charge is 1.53. The molecule has 0 aliphatic rings. The molecule has 0 amide bonds. The van der Waals surface area contributed by atoms with Crippen LogP contribution in [0, 0.1) is 0 Å². The van der Waals surface area contributed by atoms with Crippen LogP contribution in [0.3, 0.4) is 0 Å². The molecule has 0 aliphatic heterocycles. The first kappa shape index (κ1) is 4.44. The molecule has 0 rings (SSSR count). The molecule has 0 aromatic rings. The summed E-state index contributed by atoms with van der Waals surface area (Å²) < 4.78 is 2.74. The summed E-state index contributed by atoms with van der Waals surface area (Å²) in [5, 5.41) is 0. The normalized spacial score (nSPS) is 7.50. The first-order valence-corrected chi connectivity index (χ1v) is 2.04. The molecule has 0 aliphatic carbocycles. The molecule has 1 N–H and O–H groups in total. The zero-order valence-corrected chi connectivity index (χ0v) is 4.17. The second-order valence-electron chi connectivity index (χ2n) is 0.487. The third kappa shape index (κ3) is 2.44.